The molecule has 1 aromatic carbocycles. The summed E-state index contributed by atoms with van der Waals surface area (Å²) in [6.07, 6.45) is 3.06. The van der Waals surface area contributed by atoms with Gasteiger partial charge >= 0.3 is 0 Å². The van der Waals surface area contributed by atoms with Gasteiger partial charge in [0.05, 0.1) is 17.3 Å². The number of benzene rings is 1. The molecule has 1 aromatic rings. The highest BCUT2D eigenvalue weighted by atomic mass is 35.5. The van der Waals surface area contributed by atoms with Gasteiger partial charge in [0.2, 0.25) is 10.0 Å². The van der Waals surface area contributed by atoms with Crippen LogP contribution in [0.25, 0.3) is 0 Å². The zero-order valence-corrected chi connectivity index (χ0v) is 13.0. The first-order chi connectivity index (χ1) is 9.87. The van der Waals surface area contributed by atoms with Crippen molar-refractivity contribution >= 4 is 27.3 Å². The standard InChI is InChI=1S/C13H18ClFN2O3S/c14-10-6-11(15)12(16)7-13(10)21(19,20)17-5-3-1-2-4-9(17)8-18/h6-7,9,18H,1-5,8,16H2. The molecule has 1 aliphatic rings. The lowest BCUT2D eigenvalue weighted by atomic mass is 10.1. The number of halogens is 2. The Morgan fingerprint density at radius 1 is 1.38 bits per heavy atom. The Balaban J connectivity index is 2.47. The molecule has 0 radical (unpaired) electrons. The Kier molecular flexibility index (Phi) is 5.08. The predicted molar refractivity (Wildman–Crippen MR) is 79.1 cm³/mol. The summed E-state index contributed by atoms with van der Waals surface area (Å²) in [6.45, 7) is 0.0503. The number of rotatable bonds is 3. The third-order valence-corrected chi connectivity index (χ3v) is 6.09. The van der Waals surface area contributed by atoms with Crippen LogP contribution in [0.5, 0.6) is 0 Å². The third-order valence-electron chi connectivity index (χ3n) is 3.67. The van der Waals surface area contributed by atoms with E-state index in [1.165, 1.54) is 4.31 Å². The van der Waals surface area contributed by atoms with Crippen LogP contribution in [0.15, 0.2) is 17.0 Å². The molecular weight excluding hydrogens is 319 g/mol. The topological polar surface area (TPSA) is 83.6 Å². The van der Waals surface area contributed by atoms with Gasteiger partial charge in [0, 0.05) is 12.6 Å². The highest BCUT2D eigenvalue weighted by molar-refractivity contribution is 7.89. The van der Waals surface area contributed by atoms with Crippen LogP contribution in [0.2, 0.25) is 5.02 Å². The molecule has 5 nitrogen and oxygen atoms in total. The van der Waals surface area contributed by atoms with Gasteiger partial charge in [-0.2, -0.15) is 4.31 Å². The van der Waals surface area contributed by atoms with Gasteiger partial charge in [0.15, 0.2) is 0 Å². The molecule has 2 rings (SSSR count). The highest BCUT2D eigenvalue weighted by Crippen LogP contribution is 2.31. The van der Waals surface area contributed by atoms with E-state index in [2.05, 4.69) is 0 Å². The Morgan fingerprint density at radius 2 is 2.10 bits per heavy atom. The second-order valence-electron chi connectivity index (χ2n) is 5.11. The molecular formula is C13H18ClFN2O3S. The Bertz CT molecular complexity index is 624. The normalized spacial score (nSPS) is 21.2. The zero-order chi connectivity index (χ0) is 15.6. The number of aliphatic hydroxyl groups is 1. The van der Waals surface area contributed by atoms with Gasteiger partial charge in [-0.3, -0.25) is 0 Å². The number of hydrogen-bond acceptors (Lipinski definition) is 4. The fourth-order valence-corrected chi connectivity index (χ4v) is 4.73. The monoisotopic (exact) mass is 336 g/mol. The van der Waals surface area contributed by atoms with Gasteiger partial charge < -0.3 is 10.8 Å². The molecule has 0 saturated carbocycles. The number of nitrogens with two attached hydrogens (primary N) is 1. The van der Waals surface area contributed by atoms with E-state index in [0.29, 0.717) is 19.4 Å². The number of sulfonamides is 1. The summed E-state index contributed by atoms with van der Waals surface area (Å²) in [7, 11) is -3.92. The SMILES string of the molecule is Nc1cc(S(=O)(=O)N2CCCCCC2CO)c(Cl)cc1F. The first kappa shape index (κ1) is 16.5. The largest absolute Gasteiger partial charge is 0.396 e. The first-order valence-electron chi connectivity index (χ1n) is 6.75. The van der Waals surface area contributed by atoms with Crippen LogP contribution in [0.3, 0.4) is 0 Å². The van der Waals surface area contributed by atoms with E-state index >= 15 is 0 Å². The molecule has 1 atom stereocenters. The minimum Gasteiger partial charge on any atom is -0.396 e. The summed E-state index contributed by atoms with van der Waals surface area (Å²) in [5, 5.41) is 9.24. The maximum absolute atomic E-state index is 13.3. The van der Waals surface area contributed by atoms with Gasteiger partial charge in [0.25, 0.3) is 0 Å². The number of anilines is 1. The molecule has 3 N–H and O–H groups in total. The van der Waals surface area contributed by atoms with Crippen molar-refractivity contribution in [2.45, 2.75) is 36.6 Å². The smallest absolute Gasteiger partial charge is 0.244 e. The van der Waals surface area contributed by atoms with Crippen LogP contribution < -0.4 is 5.73 Å². The third kappa shape index (κ3) is 3.31. The molecule has 8 heteroatoms. The van der Waals surface area contributed by atoms with E-state index in [-0.39, 0.29) is 22.2 Å². The summed E-state index contributed by atoms with van der Waals surface area (Å²) in [5.74, 6) is -0.756. The Hall–Kier alpha value is -0.890. The van der Waals surface area contributed by atoms with E-state index in [9.17, 15) is 17.9 Å². The van der Waals surface area contributed by atoms with Crippen LogP contribution in [0.4, 0.5) is 10.1 Å². The fraction of sp³-hybridized carbons (Fsp3) is 0.538. The summed E-state index contributed by atoms with van der Waals surface area (Å²) >= 11 is 5.87. The molecule has 118 valence electrons. The van der Waals surface area contributed by atoms with E-state index < -0.39 is 21.9 Å². The molecule has 0 amide bonds. The molecule has 1 unspecified atom stereocenters. The zero-order valence-electron chi connectivity index (χ0n) is 11.4. The van der Waals surface area contributed by atoms with Gasteiger partial charge in [-0.05, 0) is 25.0 Å². The number of hydrogen-bond donors (Lipinski definition) is 2. The number of nitrogen functional groups attached to an aromatic ring is 1. The lowest BCUT2D eigenvalue weighted by Gasteiger charge is -2.28. The van der Waals surface area contributed by atoms with Crippen LogP contribution in [-0.2, 0) is 10.0 Å². The molecule has 1 saturated heterocycles. The molecule has 0 spiro atoms. The molecule has 1 aliphatic heterocycles. The van der Waals surface area contributed by atoms with E-state index in [0.717, 1.165) is 25.0 Å². The van der Waals surface area contributed by atoms with Gasteiger partial charge in [0.1, 0.15) is 10.7 Å². The summed E-state index contributed by atoms with van der Waals surface area (Å²) in [4.78, 5) is -0.219. The van der Waals surface area contributed by atoms with Crippen molar-refractivity contribution in [3.63, 3.8) is 0 Å². The summed E-state index contributed by atoms with van der Waals surface area (Å²) in [5.41, 5.74) is 5.18. The molecule has 0 aliphatic carbocycles. The van der Waals surface area contributed by atoms with Gasteiger partial charge in [-0.15, -0.1) is 0 Å². The highest BCUT2D eigenvalue weighted by Gasteiger charge is 2.33. The lowest BCUT2D eigenvalue weighted by Crippen LogP contribution is -2.42. The van der Waals surface area contributed by atoms with Crippen molar-refractivity contribution in [3.8, 4) is 0 Å². The molecule has 0 aromatic heterocycles. The van der Waals surface area contributed by atoms with Crippen molar-refractivity contribution in [2.24, 2.45) is 0 Å². The van der Waals surface area contributed by atoms with E-state index in [1.807, 2.05) is 0 Å². The first-order valence-corrected chi connectivity index (χ1v) is 8.57. The summed E-state index contributed by atoms with van der Waals surface area (Å²) in [6, 6.07) is 1.45. The van der Waals surface area contributed by atoms with Crippen LogP contribution >= 0.6 is 11.6 Å². The van der Waals surface area contributed by atoms with Gasteiger partial charge in [-0.1, -0.05) is 24.4 Å². The fourth-order valence-electron chi connectivity index (χ4n) is 2.52. The molecule has 0 bridgehead atoms. The second kappa shape index (κ2) is 6.48. The van der Waals surface area contributed by atoms with E-state index in [1.54, 1.807) is 0 Å². The van der Waals surface area contributed by atoms with Crippen LogP contribution in [-0.4, -0.2) is 37.0 Å². The van der Waals surface area contributed by atoms with E-state index in [4.69, 9.17) is 17.3 Å². The van der Waals surface area contributed by atoms with Crippen molar-refractivity contribution in [2.75, 3.05) is 18.9 Å². The average Bonchev–Trinajstić information content (AvgIpc) is 2.68. The summed E-state index contributed by atoms with van der Waals surface area (Å²) < 4.78 is 40.1. The average molecular weight is 337 g/mol. The number of nitrogens with zero attached hydrogens (tertiary/aromatic N) is 1. The Morgan fingerprint density at radius 3 is 2.76 bits per heavy atom. The van der Waals surface area contributed by atoms with Crippen LogP contribution in [0, 0.1) is 5.82 Å². The van der Waals surface area contributed by atoms with Crippen LogP contribution in [0.1, 0.15) is 25.7 Å². The van der Waals surface area contributed by atoms with Gasteiger partial charge in [-0.25, -0.2) is 12.8 Å². The maximum Gasteiger partial charge on any atom is 0.244 e. The predicted octanol–water partition coefficient (Wildman–Crippen LogP) is 1.99. The molecule has 21 heavy (non-hydrogen) atoms. The number of aliphatic hydroxyl groups excluding tert-OH is 1. The Labute approximate surface area is 128 Å². The maximum atomic E-state index is 13.3. The van der Waals surface area contributed by atoms with Crippen molar-refractivity contribution in [3.05, 3.63) is 23.0 Å². The molecule has 1 heterocycles. The quantitative estimate of drug-likeness (QED) is 0.827. The van der Waals surface area contributed by atoms with Crippen molar-refractivity contribution in [1.82, 2.24) is 4.31 Å². The van der Waals surface area contributed by atoms with Crippen molar-refractivity contribution in [1.29, 1.82) is 0 Å². The second-order valence-corrected chi connectivity index (χ2v) is 7.37. The minimum atomic E-state index is -3.92. The van der Waals surface area contributed by atoms with Crippen molar-refractivity contribution < 1.29 is 17.9 Å². The minimum absolute atomic E-state index is 0.206. The molecule has 1 fully saturated rings. The lowest BCUT2D eigenvalue weighted by molar-refractivity contribution is 0.186.